The van der Waals surface area contributed by atoms with E-state index in [0.29, 0.717) is 5.41 Å². The lowest BCUT2D eigenvalue weighted by Gasteiger charge is -2.19. The lowest BCUT2D eigenvalue weighted by molar-refractivity contribution is 0.355. The van der Waals surface area contributed by atoms with Gasteiger partial charge in [0.2, 0.25) is 0 Å². The van der Waals surface area contributed by atoms with Crippen LogP contribution in [0.3, 0.4) is 0 Å². The molecule has 0 unspecified atom stereocenters. The Morgan fingerprint density at radius 1 is 1.11 bits per heavy atom. The van der Waals surface area contributed by atoms with E-state index in [-0.39, 0.29) is 0 Å². The van der Waals surface area contributed by atoms with E-state index in [1.54, 1.807) is 14.2 Å². The van der Waals surface area contributed by atoms with Gasteiger partial charge in [-0.05, 0) is 38.4 Å². The first kappa shape index (κ1) is 14.0. The standard InChI is InChI=1S/C15H24N2O2/c1-11-7-13(18-3)14(19-4)8-12(11)17-10-15(5-6-15)9-16-2/h7-8,16-17H,5-6,9-10H2,1-4H3. The first-order valence-corrected chi connectivity index (χ1v) is 6.75. The van der Waals surface area contributed by atoms with Crippen LogP contribution in [0.1, 0.15) is 18.4 Å². The van der Waals surface area contributed by atoms with Gasteiger partial charge >= 0.3 is 0 Å². The Balaban J connectivity index is 2.08. The fourth-order valence-corrected chi connectivity index (χ4v) is 2.42. The van der Waals surface area contributed by atoms with E-state index >= 15 is 0 Å². The Kier molecular flexibility index (Phi) is 4.20. The Hall–Kier alpha value is -1.42. The molecule has 1 aromatic carbocycles. The minimum absolute atomic E-state index is 0.439. The SMILES string of the molecule is CNCC1(CNc2cc(OC)c(OC)cc2C)CC1. The van der Waals surface area contributed by atoms with Crippen molar-refractivity contribution in [1.82, 2.24) is 5.32 Å². The number of aryl methyl sites for hydroxylation is 1. The normalized spacial score (nSPS) is 16.0. The molecular weight excluding hydrogens is 240 g/mol. The Labute approximate surface area is 115 Å². The van der Waals surface area contributed by atoms with Gasteiger partial charge in [-0.25, -0.2) is 0 Å². The number of ether oxygens (including phenoxy) is 2. The summed E-state index contributed by atoms with van der Waals surface area (Å²) in [4.78, 5) is 0. The van der Waals surface area contributed by atoms with Crippen molar-refractivity contribution < 1.29 is 9.47 Å². The number of benzene rings is 1. The predicted molar refractivity (Wildman–Crippen MR) is 78.4 cm³/mol. The van der Waals surface area contributed by atoms with Crippen molar-refractivity contribution in [2.45, 2.75) is 19.8 Å². The van der Waals surface area contributed by atoms with Crippen LogP contribution in [0.15, 0.2) is 12.1 Å². The lowest BCUT2D eigenvalue weighted by atomic mass is 10.1. The topological polar surface area (TPSA) is 42.5 Å². The summed E-state index contributed by atoms with van der Waals surface area (Å²) in [6.07, 6.45) is 2.60. The van der Waals surface area contributed by atoms with E-state index in [1.807, 2.05) is 19.2 Å². The zero-order valence-corrected chi connectivity index (χ0v) is 12.3. The first-order chi connectivity index (χ1) is 9.14. The molecule has 0 atom stereocenters. The fourth-order valence-electron chi connectivity index (χ4n) is 2.42. The zero-order valence-electron chi connectivity index (χ0n) is 12.3. The quantitative estimate of drug-likeness (QED) is 0.793. The van der Waals surface area contributed by atoms with E-state index in [9.17, 15) is 0 Å². The minimum Gasteiger partial charge on any atom is -0.493 e. The summed E-state index contributed by atoms with van der Waals surface area (Å²) >= 11 is 0. The summed E-state index contributed by atoms with van der Waals surface area (Å²) in [7, 11) is 5.35. The third-order valence-electron chi connectivity index (χ3n) is 3.89. The number of nitrogens with one attached hydrogen (secondary N) is 2. The number of hydrogen-bond donors (Lipinski definition) is 2. The molecule has 0 spiro atoms. The fraction of sp³-hybridized carbons (Fsp3) is 0.600. The van der Waals surface area contributed by atoms with E-state index < -0.39 is 0 Å². The Bertz CT molecular complexity index is 442. The van der Waals surface area contributed by atoms with Gasteiger partial charge in [-0.3, -0.25) is 0 Å². The molecule has 0 saturated heterocycles. The van der Waals surface area contributed by atoms with Crippen molar-refractivity contribution in [1.29, 1.82) is 0 Å². The third-order valence-corrected chi connectivity index (χ3v) is 3.89. The molecule has 1 aromatic rings. The molecule has 1 fully saturated rings. The molecule has 2 rings (SSSR count). The molecule has 19 heavy (non-hydrogen) atoms. The summed E-state index contributed by atoms with van der Waals surface area (Å²) in [5.41, 5.74) is 2.74. The third kappa shape index (κ3) is 3.13. The molecule has 0 radical (unpaired) electrons. The number of anilines is 1. The molecule has 0 heterocycles. The molecular formula is C15H24N2O2. The van der Waals surface area contributed by atoms with Gasteiger partial charge in [0, 0.05) is 30.3 Å². The monoisotopic (exact) mass is 264 g/mol. The van der Waals surface area contributed by atoms with Crippen LogP contribution in [0.2, 0.25) is 0 Å². The van der Waals surface area contributed by atoms with Crippen LogP contribution < -0.4 is 20.1 Å². The summed E-state index contributed by atoms with van der Waals surface area (Å²) in [5, 5.41) is 6.83. The molecule has 0 bridgehead atoms. The largest absolute Gasteiger partial charge is 0.493 e. The molecule has 1 saturated carbocycles. The maximum atomic E-state index is 5.35. The van der Waals surface area contributed by atoms with Crippen LogP contribution in [0.4, 0.5) is 5.69 Å². The molecule has 106 valence electrons. The Morgan fingerprint density at radius 2 is 1.74 bits per heavy atom. The van der Waals surface area contributed by atoms with Gasteiger partial charge in [0.1, 0.15) is 0 Å². The molecule has 1 aliphatic carbocycles. The summed E-state index contributed by atoms with van der Waals surface area (Å²) < 4.78 is 10.7. The molecule has 0 aliphatic heterocycles. The predicted octanol–water partition coefficient (Wildman–Crippen LogP) is 2.42. The maximum Gasteiger partial charge on any atom is 0.162 e. The second-order valence-corrected chi connectivity index (χ2v) is 5.41. The second kappa shape index (κ2) is 5.70. The van der Waals surface area contributed by atoms with Crippen molar-refractivity contribution in [3.8, 4) is 11.5 Å². The van der Waals surface area contributed by atoms with Crippen molar-refractivity contribution >= 4 is 5.69 Å². The van der Waals surface area contributed by atoms with Crippen LogP contribution in [0.5, 0.6) is 11.5 Å². The van der Waals surface area contributed by atoms with Crippen molar-refractivity contribution in [2.24, 2.45) is 5.41 Å². The number of rotatable bonds is 7. The molecule has 0 amide bonds. The number of methoxy groups -OCH3 is 2. The summed E-state index contributed by atoms with van der Waals surface area (Å²) in [6, 6.07) is 4.03. The van der Waals surface area contributed by atoms with E-state index in [4.69, 9.17) is 9.47 Å². The minimum atomic E-state index is 0.439. The van der Waals surface area contributed by atoms with Gasteiger partial charge in [-0.2, -0.15) is 0 Å². The lowest BCUT2D eigenvalue weighted by Crippen LogP contribution is -2.27. The highest BCUT2D eigenvalue weighted by atomic mass is 16.5. The molecule has 4 nitrogen and oxygen atoms in total. The molecule has 2 N–H and O–H groups in total. The van der Waals surface area contributed by atoms with Gasteiger partial charge in [-0.15, -0.1) is 0 Å². The van der Waals surface area contributed by atoms with E-state index in [2.05, 4.69) is 17.6 Å². The van der Waals surface area contributed by atoms with E-state index in [1.165, 1.54) is 18.4 Å². The molecule has 0 aromatic heterocycles. The smallest absolute Gasteiger partial charge is 0.162 e. The first-order valence-electron chi connectivity index (χ1n) is 6.75. The average molecular weight is 264 g/mol. The highest BCUT2D eigenvalue weighted by molar-refractivity contribution is 5.60. The maximum absolute atomic E-state index is 5.35. The average Bonchev–Trinajstić information content (AvgIpc) is 3.17. The van der Waals surface area contributed by atoms with Crippen LogP contribution in [0.25, 0.3) is 0 Å². The van der Waals surface area contributed by atoms with Crippen LogP contribution in [-0.4, -0.2) is 34.4 Å². The molecule has 4 heteroatoms. The van der Waals surface area contributed by atoms with Gasteiger partial charge < -0.3 is 20.1 Å². The van der Waals surface area contributed by atoms with Gasteiger partial charge in [0.25, 0.3) is 0 Å². The zero-order chi connectivity index (χ0) is 13.9. The van der Waals surface area contributed by atoms with Gasteiger partial charge in [0.05, 0.1) is 14.2 Å². The summed E-state index contributed by atoms with van der Waals surface area (Å²) in [6.45, 7) is 4.17. The van der Waals surface area contributed by atoms with E-state index in [0.717, 1.165) is 30.3 Å². The molecule has 1 aliphatic rings. The van der Waals surface area contributed by atoms with Crippen LogP contribution in [0, 0.1) is 12.3 Å². The van der Waals surface area contributed by atoms with Gasteiger partial charge in [0.15, 0.2) is 11.5 Å². The van der Waals surface area contributed by atoms with Crippen molar-refractivity contribution in [3.05, 3.63) is 17.7 Å². The van der Waals surface area contributed by atoms with Crippen LogP contribution in [-0.2, 0) is 0 Å². The summed E-state index contributed by atoms with van der Waals surface area (Å²) in [5.74, 6) is 1.55. The van der Waals surface area contributed by atoms with Crippen LogP contribution >= 0.6 is 0 Å². The highest BCUT2D eigenvalue weighted by Gasteiger charge is 2.41. The van der Waals surface area contributed by atoms with Crippen molar-refractivity contribution in [2.75, 3.05) is 39.7 Å². The second-order valence-electron chi connectivity index (χ2n) is 5.41. The highest BCUT2D eigenvalue weighted by Crippen LogP contribution is 2.45. The van der Waals surface area contributed by atoms with Gasteiger partial charge in [-0.1, -0.05) is 0 Å². The number of hydrogen-bond acceptors (Lipinski definition) is 4. The Morgan fingerprint density at radius 3 is 2.26 bits per heavy atom. The van der Waals surface area contributed by atoms with Crippen molar-refractivity contribution in [3.63, 3.8) is 0 Å².